The Kier molecular flexibility index (Phi) is 5.67. The number of nitrogens with zero attached hydrogens (tertiary/aromatic N) is 1. The van der Waals surface area contributed by atoms with E-state index in [4.69, 9.17) is 4.74 Å². The highest BCUT2D eigenvalue weighted by molar-refractivity contribution is 5.94. The molecule has 4 nitrogen and oxygen atoms in total. The van der Waals surface area contributed by atoms with Gasteiger partial charge in [0, 0.05) is 23.7 Å². The Bertz CT molecular complexity index is 600. The molecular formula is C21H32N2O2. The van der Waals surface area contributed by atoms with E-state index in [1.807, 2.05) is 18.2 Å². The highest BCUT2D eigenvalue weighted by Gasteiger charge is 2.38. The average Bonchev–Trinajstić information content (AvgIpc) is 2.81. The predicted molar refractivity (Wildman–Crippen MR) is 101 cm³/mol. The first-order valence-corrected chi connectivity index (χ1v) is 9.79. The highest BCUT2D eigenvalue weighted by Crippen LogP contribution is 2.34. The normalized spacial score (nSPS) is 26.0. The molecule has 2 heterocycles. The summed E-state index contributed by atoms with van der Waals surface area (Å²) in [6.07, 6.45) is 5.68. The summed E-state index contributed by atoms with van der Waals surface area (Å²) < 4.78 is 5.84. The number of benzene rings is 1. The molecule has 0 aliphatic carbocycles. The Hall–Kier alpha value is -1.55. The number of ether oxygens (including phenoxy) is 1. The van der Waals surface area contributed by atoms with E-state index >= 15 is 0 Å². The van der Waals surface area contributed by atoms with Gasteiger partial charge in [-0.25, -0.2) is 0 Å². The number of fused-ring (bicyclic) bond motifs is 2. The molecule has 4 heteroatoms. The summed E-state index contributed by atoms with van der Waals surface area (Å²) >= 11 is 0. The van der Waals surface area contributed by atoms with Crippen molar-refractivity contribution < 1.29 is 9.53 Å². The first-order valence-electron chi connectivity index (χ1n) is 9.79. The molecule has 1 aromatic carbocycles. The number of carbonyl (C=O) groups excluding carboxylic acids is 1. The SMILES string of the molecule is CCCOc1ccc(C(=O)NC2CC3CCC(C2)N3C)cc1C(C)C. The molecule has 2 saturated heterocycles. The van der Waals surface area contributed by atoms with E-state index in [0.717, 1.165) is 36.1 Å². The molecule has 0 aromatic heterocycles. The van der Waals surface area contributed by atoms with Crippen LogP contribution in [-0.2, 0) is 0 Å². The van der Waals surface area contributed by atoms with Crippen molar-refractivity contribution in [2.45, 2.75) is 76.9 Å². The van der Waals surface area contributed by atoms with Crippen molar-refractivity contribution in [3.8, 4) is 5.75 Å². The minimum atomic E-state index is 0.0536. The molecule has 0 radical (unpaired) electrons. The van der Waals surface area contributed by atoms with Gasteiger partial charge in [-0.2, -0.15) is 0 Å². The van der Waals surface area contributed by atoms with Crippen LogP contribution in [0.4, 0.5) is 0 Å². The molecule has 0 saturated carbocycles. The number of hydrogen-bond donors (Lipinski definition) is 1. The summed E-state index contributed by atoms with van der Waals surface area (Å²) in [5.41, 5.74) is 1.86. The molecule has 1 aromatic rings. The van der Waals surface area contributed by atoms with Crippen LogP contribution in [0.1, 0.15) is 74.7 Å². The largest absolute Gasteiger partial charge is 0.493 e. The minimum Gasteiger partial charge on any atom is -0.493 e. The van der Waals surface area contributed by atoms with Crippen molar-refractivity contribution in [3.05, 3.63) is 29.3 Å². The van der Waals surface area contributed by atoms with Gasteiger partial charge in [-0.1, -0.05) is 20.8 Å². The third-order valence-electron chi connectivity index (χ3n) is 5.79. The molecule has 2 unspecified atom stereocenters. The lowest BCUT2D eigenvalue weighted by Crippen LogP contribution is -2.48. The van der Waals surface area contributed by atoms with Crippen LogP contribution in [0.3, 0.4) is 0 Å². The van der Waals surface area contributed by atoms with E-state index in [0.29, 0.717) is 30.7 Å². The minimum absolute atomic E-state index is 0.0536. The Labute approximate surface area is 151 Å². The first kappa shape index (κ1) is 18.2. The summed E-state index contributed by atoms with van der Waals surface area (Å²) in [6.45, 7) is 7.10. The second-order valence-electron chi connectivity index (χ2n) is 7.95. The standard InChI is InChI=1S/C21H32N2O2/c1-5-10-25-20-9-6-15(11-19(20)14(2)3)21(24)22-16-12-17-7-8-18(13-16)23(17)4/h6,9,11,14,16-18H,5,7-8,10,12-13H2,1-4H3,(H,22,24). The molecule has 3 rings (SSSR count). The van der Waals surface area contributed by atoms with E-state index < -0.39 is 0 Å². The molecular weight excluding hydrogens is 312 g/mol. The zero-order chi connectivity index (χ0) is 18.0. The lowest BCUT2D eigenvalue weighted by Gasteiger charge is -2.36. The Morgan fingerprint density at radius 3 is 2.56 bits per heavy atom. The van der Waals surface area contributed by atoms with Gasteiger partial charge in [0.05, 0.1) is 6.61 Å². The summed E-state index contributed by atoms with van der Waals surface area (Å²) in [7, 11) is 2.23. The maximum Gasteiger partial charge on any atom is 0.251 e. The van der Waals surface area contributed by atoms with Crippen molar-refractivity contribution in [3.63, 3.8) is 0 Å². The molecule has 138 valence electrons. The Morgan fingerprint density at radius 2 is 1.96 bits per heavy atom. The monoisotopic (exact) mass is 344 g/mol. The van der Waals surface area contributed by atoms with Gasteiger partial charge in [0.25, 0.3) is 5.91 Å². The van der Waals surface area contributed by atoms with Crippen molar-refractivity contribution in [2.75, 3.05) is 13.7 Å². The maximum atomic E-state index is 12.8. The fourth-order valence-electron chi connectivity index (χ4n) is 4.28. The zero-order valence-electron chi connectivity index (χ0n) is 16.0. The Balaban J connectivity index is 1.68. The summed E-state index contributed by atoms with van der Waals surface area (Å²) in [5.74, 6) is 1.29. The maximum absolute atomic E-state index is 12.8. The summed E-state index contributed by atoms with van der Waals surface area (Å²) in [4.78, 5) is 15.3. The fourth-order valence-corrected chi connectivity index (χ4v) is 4.28. The number of carbonyl (C=O) groups is 1. The highest BCUT2D eigenvalue weighted by atomic mass is 16.5. The second kappa shape index (κ2) is 7.77. The van der Waals surface area contributed by atoms with Crippen molar-refractivity contribution in [1.29, 1.82) is 0 Å². The van der Waals surface area contributed by atoms with Gasteiger partial charge in [0.2, 0.25) is 0 Å². The molecule has 25 heavy (non-hydrogen) atoms. The lowest BCUT2D eigenvalue weighted by molar-refractivity contribution is 0.0882. The van der Waals surface area contributed by atoms with Gasteiger partial charge in [-0.05, 0) is 68.8 Å². The molecule has 2 aliphatic rings. The third-order valence-corrected chi connectivity index (χ3v) is 5.79. The van der Waals surface area contributed by atoms with Crippen LogP contribution in [0.25, 0.3) is 0 Å². The van der Waals surface area contributed by atoms with E-state index in [1.54, 1.807) is 0 Å². The van der Waals surface area contributed by atoms with Gasteiger partial charge in [0.1, 0.15) is 5.75 Å². The predicted octanol–water partition coefficient (Wildman–Crippen LogP) is 3.95. The van der Waals surface area contributed by atoms with Crippen LogP contribution < -0.4 is 10.1 Å². The summed E-state index contributed by atoms with van der Waals surface area (Å²) in [6, 6.07) is 7.45. The van der Waals surface area contributed by atoms with E-state index in [2.05, 4.69) is 38.0 Å². The van der Waals surface area contributed by atoms with E-state index in [9.17, 15) is 4.79 Å². The zero-order valence-corrected chi connectivity index (χ0v) is 16.0. The number of rotatable bonds is 6. The first-order chi connectivity index (χ1) is 12.0. The molecule has 1 amide bonds. The lowest BCUT2D eigenvalue weighted by atomic mass is 9.96. The van der Waals surface area contributed by atoms with E-state index in [1.165, 1.54) is 12.8 Å². The van der Waals surface area contributed by atoms with E-state index in [-0.39, 0.29) is 5.91 Å². The molecule has 2 fully saturated rings. The molecule has 2 atom stereocenters. The Morgan fingerprint density at radius 1 is 1.28 bits per heavy atom. The number of nitrogens with one attached hydrogen (secondary N) is 1. The number of amides is 1. The van der Waals surface area contributed by atoms with Crippen molar-refractivity contribution >= 4 is 5.91 Å². The number of piperidine rings is 1. The second-order valence-corrected chi connectivity index (χ2v) is 7.95. The van der Waals surface area contributed by atoms with Gasteiger partial charge < -0.3 is 15.0 Å². The van der Waals surface area contributed by atoms with Crippen molar-refractivity contribution in [1.82, 2.24) is 10.2 Å². The van der Waals surface area contributed by atoms with Crippen LogP contribution >= 0.6 is 0 Å². The van der Waals surface area contributed by atoms with Gasteiger partial charge in [0.15, 0.2) is 0 Å². The molecule has 2 bridgehead atoms. The third kappa shape index (κ3) is 4.00. The van der Waals surface area contributed by atoms with Crippen LogP contribution in [0.2, 0.25) is 0 Å². The van der Waals surface area contributed by atoms with Crippen LogP contribution in [0.15, 0.2) is 18.2 Å². The quantitative estimate of drug-likeness (QED) is 0.849. The van der Waals surface area contributed by atoms with Crippen LogP contribution in [0.5, 0.6) is 5.75 Å². The van der Waals surface area contributed by atoms with Crippen molar-refractivity contribution in [2.24, 2.45) is 0 Å². The van der Waals surface area contributed by atoms with Gasteiger partial charge >= 0.3 is 0 Å². The number of hydrogen-bond acceptors (Lipinski definition) is 3. The van der Waals surface area contributed by atoms with Crippen LogP contribution in [-0.4, -0.2) is 42.6 Å². The van der Waals surface area contributed by atoms with Crippen LogP contribution in [0, 0.1) is 0 Å². The van der Waals surface area contributed by atoms with Gasteiger partial charge in [-0.3, -0.25) is 4.79 Å². The van der Waals surface area contributed by atoms with Gasteiger partial charge in [-0.15, -0.1) is 0 Å². The topological polar surface area (TPSA) is 41.6 Å². The average molecular weight is 344 g/mol. The summed E-state index contributed by atoms with van der Waals surface area (Å²) in [5, 5.41) is 3.28. The molecule has 1 N–H and O–H groups in total. The molecule has 0 spiro atoms. The smallest absolute Gasteiger partial charge is 0.251 e. The fraction of sp³-hybridized carbons (Fsp3) is 0.667. The molecule has 2 aliphatic heterocycles.